The number of hydrogen-bond donors (Lipinski definition) is 2. The smallest absolute Gasteiger partial charge is 0.317 e. The Labute approximate surface area is 120 Å². The lowest BCUT2D eigenvalue weighted by Crippen LogP contribution is -2.46. The topological polar surface area (TPSA) is 52.6 Å². The molecule has 0 aromatic rings. The van der Waals surface area contributed by atoms with Gasteiger partial charge in [0.2, 0.25) is 0 Å². The highest BCUT2D eigenvalue weighted by atomic mass is 32.2. The third-order valence-corrected chi connectivity index (χ3v) is 5.42. The maximum absolute atomic E-state index is 12.2. The van der Waals surface area contributed by atoms with Gasteiger partial charge in [0, 0.05) is 36.9 Å². The Balaban J connectivity index is 1.75. The highest BCUT2D eigenvalue weighted by Crippen LogP contribution is 2.28. The molecule has 5 heteroatoms. The van der Waals surface area contributed by atoms with E-state index in [1.54, 1.807) is 0 Å². The van der Waals surface area contributed by atoms with E-state index >= 15 is 0 Å². The largest absolute Gasteiger partial charge is 0.396 e. The van der Waals surface area contributed by atoms with Gasteiger partial charge in [-0.2, -0.15) is 11.8 Å². The molecule has 3 atom stereocenters. The van der Waals surface area contributed by atoms with Crippen molar-refractivity contribution in [3.8, 4) is 0 Å². The van der Waals surface area contributed by atoms with Crippen LogP contribution in [0.2, 0.25) is 0 Å². The molecule has 1 aliphatic heterocycles. The van der Waals surface area contributed by atoms with E-state index in [9.17, 15) is 4.79 Å². The second kappa shape index (κ2) is 7.39. The fourth-order valence-corrected chi connectivity index (χ4v) is 4.27. The molecule has 1 saturated heterocycles. The first-order chi connectivity index (χ1) is 9.22. The molecule has 1 aliphatic carbocycles. The van der Waals surface area contributed by atoms with E-state index in [1.165, 1.54) is 12.8 Å². The summed E-state index contributed by atoms with van der Waals surface area (Å²) < 4.78 is 0. The Morgan fingerprint density at radius 1 is 1.42 bits per heavy atom. The zero-order valence-electron chi connectivity index (χ0n) is 11.8. The van der Waals surface area contributed by atoms with Crippen LogP contribution < -0.4 is 5.32 Å². The molecule has 2 aliphatic rings. The van der Waals surface area contributed by atoms with Crippen molar-refractivity contribution in [2.75, 3.05) is 25.4 Å². The minimum Gasteiger partial charge on any atom is -0.396 e. The first-order valence-electron chi connectivity index (χ1n) is 7.50. The van der Waals surface area contributed by atoms with Crippen molar-refractivity contribution in [1.29, 1.82) is 0 Å². The number of hydrogen-bond acceptors (Lipinski definition) is 3. The van der Waals surface area contributed by atoms with Gasteiger partial charge in [-0.1, -0.05) is 13.3 Å². The van der Waals surface area contributed by atoms with Crippen molar-refractivity contribution in [3.63, 3.8) is 0 Å². The molecule has 1 heterocycles. The quantitative estimate of drug-likeness (QED) is 0.832. The average molecular weight is 286 g/mol. The third kappa shape index (κ3) is 4.28. The maximum Gasteiger partial charge on any atom is 0.317 e. The van der Waals surface area contributed by atoms with Gasteiger partial charge in [-0.25, -0.2) is 4.79 Å². The number of aliphatic hydroxyl groups is 1. The summed E-state index contributed by atoms with van der Waals surface area (Å²) in [6, 6.07) is 0.418. The number of carbonyl (C=O) groups is 1. The summed E-state index contributed by atoms with van der Waals surface area (Å²) >= 11 is 2.02. The number of amides is 2. The predicted molar refractivity (Wildman–Crippen MR) is 79.5 cm³/mol. The molecule has 1 saturated carbocycles. The fraction of sp³-hybridized carbons (Fsp3) is 0.929. The van der Waals surface area contributed by atoms with Crippen molar-refractivity contribution in [3.05, 3.63) is 0 Å². The molecule has 3 unspecified atom stereocenters. The number of rotatable bonds is 4. The lowest BCUT2D eigenvalue weighted by Gasteiger charge is -2.30. The summed E-state index contributed by atoms with van der Waals surface area (Å²) in [5.41, 5.74) is 0. The number of likely N-dealkylation sites (tertiary alicyclic amines) is 1. The predicted octanol–water partition coefficient (Wildman–Crippen LogP) is 2.07. The zero-order valence-corrected chi connectivity index (χ0v) is 12.6. The van der Waals surface area contributed by atoms with E-state index in [0.717, 1.165) is 31.6 Å². The molecule has 110 valence electrons. The van der Waals surface area contributed by atoms with Gasteiger partial charge in [0.1, 0.15) is 0 Å². The first kappa shape index (κ1) is 15.0. The second-order valence-corrected chi connectivity index (χ2v) is 7.25. The van der Waals surface area contributed by atoms with E-state index < -0.39 is 0 Å². The lowest BCUT2D eigenvalue weighted by atomic mass is 9.95. The summed E-state index contributed by atoms with van der Waals surface area (Å²) in [7, 11) is 0. The summed E-state index contributed by atoms with van der Waals surface area (Å²) in [6.07, 6.45) is 5.68. The third-order valence-electron chi connectivity index (χ3n) is 4.19. The van der Waals surface area contributed by atoms with Crippen molar-refractivity contribution in [2.45, 2.75) is 50.3 Å². The molecule has 19 heavy (non-hydrogen) atoms. The standard InChI is InChI=1S/C14H26N2O2S/c1-2-19-13-5-3-4-12(8-13)15-14(18)16-7-6-11(9-16)10-17/h11-13,17H,2-10H2,1H3,(H,15,18). The van der Waals surface area contributed by atoms with Crippen LogP contribution in [-0.4, -0.2) is 52.8 Å². The fourth-order valence-electron chi connectivity index (χ4n) is 3.10. The molecule has 4 nitrogen and oxygen atoms in total. The first-order valence-corrected chi connectivity index (χ1v) is 8.55. The molecule has 2 amide bonds. The van der Waals surface area contributed by atoms with Gasteiger partial charge < -0.3 is 15.3 Å². The molecule has 0 bridgehead atoms. The average Bonchev–Trinajstić information content (AvgIpc) is 2.88. The highest BCUT2D eigenvalue weighted by Gasteiger charge is 2.28. The van der Waals surface area contributed by atoms with Gasteiger partial charge in [0.05, 0.1) is 0 Å². The Hall–Kier alpha value is -0.420. The molecule has 0 aromatic heterocycles. The number of nitrogens with one attached hydrogen (secondary N) is 1. The molecule has 2 N–H and O–H groups in total. The van der Waals surface area contributed by atoms with Crippen LogP contribution in [0.5, 0.6) is 0 Å². The number of thioether (sulfide) groups is 1. The molecular formula is C14H26N2O2S. The summed E-state index contributed by atoms with van der Waals surface area (Å²) in [5.74, 6) is 1.44. The van der Waals surface area contributed by atoms with Crippen LogP contribution in [0.15, 0.2) is 0 Å². The number of nitrogens with zero attached hydrogens (tertiary/aromatic N) is 1. The van der Waals surface area contributed by atoms with Crippen molar-refractivity contribution < 1.29 is 9.90 Å². The van der Waals surface area contributed by atoms with Crippen LogP contribution in [0.4, 0.5) is 4.79 Å². The van der Waals surface area contributed by atoms with Gasteiger partial charge in [0.25, 0.3) is 0 Å². The van der Waals surface area contributed by atoms with Crippen molar-refractivity contribution >= 4 is 17.8 Å². The molecular weight excluding hydrogens is 260 g/mol. The van der Waals surface area contributed by atoms with Crippen LogP contribution >= 0.6 is 11.8 Å². The number of aliphatic hydroxyl groups excluding tert-OH is 1. The number of carbonyl (C=O) groups excluding carboxylic acids is 1. The van der Waals surface area contributed by atoms with Crippen LogP contribution in [-0.2, 0) is 0 Å². The minimum atomic E-state index is 0.0723. The monoisotopic (exact) mass is 286 g/mol. The molecule has 2 rings (SSSR count). The van der Waals surface area contributed by atoms with Crippen LogP contribution in [0, 0.1) is 5.92 Å². The van der Waals surface area contributed by atoms with Crippen molar-refractivity contribution in [1.82, 2.24) is 10.2 Å². The van der Waals surface area contributed by atoms with Crippen LogP contribution in [0.3, 0.4) is 0 Å². The Bertz CT molecular complexity index is 299. The normalized spacial score (nSPS) is 31.5. The molecule has 0 aromatic carbocycles. The van der Waals surface area contributed by atoms with Crippen LogP contribution in [0.1, 0.15) is 39.0 Å². The number of urea groups is 1. The molecule has 0 radical (unpaired) electrons. The lowest BCUT2D eigenvalue weighted by molar-refractivity contribution is 0.192. The minimum absolute atomic E-state index is 0.0723. The van der Waals surface area contributed by atoms with E-state index in [-0.39, 0.29) is 18.6 Å². The van der Waals surface area contributed by atoms with Crippen LogP contribution in [0.25, 0.3) is 0 Å². The van der Waals surface area contributed by atoms with Crippen molar-refractivity contribution in [2.24, 2.45) is 5.92 Å². The Morgan fingerprint density at radius 3 is 2.95 bits per heavy atom. The van der Waals surface area contributed by atoms with E-state index in [4.69, 9.17) is 5.11 Å². The van der Waals surface area contributed by atoms with Gasteiger partial charge in [0.15, 0.2) is 0 Å². The summed E-state index contributed by atoms with van der Waals surface area (Å²) in [5, 5.41) is 13.0. The van der Waals surface area contributed by atoms with E-state index in [2.05, 4.69) is 12.2 Å². The molecule has 2 fully saturated rings. The van der Waals surface area contributed by atoms with Gasteiger partial charge in [-0.3, -0.25) is 0 Å². The van der Waals surface area contributed by atoms with Gasteiger partial charge >= 0.3 is 6.03 Å². The van der Waals surface area contributed by atoms with Gasteiger partial charge in [-0.15, -0.1) is 0 Å². The van der Waals surface area contributed by atoms with E-state index in [1.807, 2.05) is 16.7 Å². The Morgan fingerprint density at radius 2 is 2.26 bits per heavy atom. The molecule has 0 spiro atoms. The second-order valence-electron chi connectivity index (χ2n) is 5.67. The van der Waals surface area contributed by atoms with E-state index in [0.29, 0.717) is 17.8 Å². The highest BCUT2D eigenvalue weighted by molar-refractivity contribution is 7.99. The Kier molecular flexibility index (Phi) is 5.82. The maximum atomic E-state index is 12.2. The zero-order chi connectivity index (χ0) is 13.7. The van der Waals surface area contributed by atoms with Gasteiger partial charge in [-0.05, 0) is 31.4 Å². The summed E-state index contributed by atoms with van der Waals surface area (Å²) in [6.45, 7) is 3.90. The SMILES string of the molecule is CCSC1CCCC(NC(=O)N2CCC(CO)C2)C1. The summed E-state index contributed by atoms with van der Waals surface area (Å²) in [4.78, 5) is 14.0.